The van der Waals surface area contributed by atoms with Crippen molar-refractivity contribution in [2.45, 2.75) is 18.6 Å². The molecule has 8 heteroatoms. The average molecular weight is 426 g/mol. The summed E-state index contributed by atoms with van der Waals surface area (Å²) in [4.78, 5) is 23.2. The molecule has 4 heterocycles. The SMILES string of the molecule is N#CCNC(=O)c1ccc(-c2ccnc(Nc3ccc(N4C[C@H]5C[C@@H](C4)O5)cc3)n2)cc1. The van der Waals surface area contributed by atoms with Crippen molar-refractivity contribution in [2.75, 3.05) is 29.9 Å². The average Bonchev–Trinajstić information content (AvgIpc) is 2.83. The second-order valence-electron chi connectivity index (χ2n) is 7.88. The van der Waals surface area contributed by atoms with Crippen molar-refractivity contribution in [3.05, 3.63) is 66.4 Å². The first kappa shape index (κ1) is 20.0. The molecular formula is C24H22N6O2. The van der Waals surface area contributed by atoms with Crippen molar-refractivity contribution < 1.29 is 9.53 Å². The maximum atomic E-state index is 11.9. The van der Waals surface area contributed by atoms with Gasteiger partial charge in [0.15, 0.2) is 0 Å². The Hall–Kier alpha value is -3.96. The lowest BCUT2D eigenvalue weighted by atomic mass is 9.98. The van der Waals surface area contributed by atoms with Crippen molar-refractivity contribution in [3.63, 3.8) is 0 Å². The number of morpholine rings is 1. The van der Waals surface area contributed by atoms with Gasteiger partial charge in [-0.25, -0.2) is 9.97 Å². The summed E-state index contributed by atoms with van der Waals surface area (Å²) >= 11 is 0. The van der Waals surface area contributed by atoms with E-state index in [4.69, 9.17) is 10.00 Å². The largest absolute Gasteiger partial charge is 0.371 e. The van der Waals surface area contributed by atoms with Gasteiger partial charge in [0.05, 0.1) is 24.0 Å². The second-order valence-corrected chi connectivity index (χ2v) is 7.88. The lowest BCUT2D eigenvalue weighted by Crippen LogP contribution is -2.57. The van der Waals surface area contributed by atoms with Crippen molar-refractivity contribution >= 4 is 23.2 Å². The summed E-state index contributed by atoms with van der Waals surface area (Å²) in [6.07, 6.45) is 3.64. The fourth-order valence-corrected chi connectivity index (χ4v) is 4.05. The fraction of sp³-hybridized carbons (Fsp3) is 0.250. The van der Waals surface area contributed by atoms with E-state index in [2.05, 4.69) is 37.6 Å². The molecule has 2 bridgehead atoms. The van der Waals surface area contributed by atoms with Crippen LogP contribution in [-0.4, -0.2) is 47.7 Å². The highest BCUT2D eigenvalue weighted by Crippen LogP contribution is 2.32. The van der Waals surface area contributed by atoms with Crippen LogP contribution in [0.25, 0.3) is 11.3 Å². The van der Waals surface area contributed by atoms with Gasteiger partial charge in [-0.2, -0.15) is 5.26 Å². The third kappa shape index (κ3) is 4.24. The molecule has 3 aliphatic rings. The molecular weight excluding hydrogens is 404 g/mol. The number of fused-ring (bicyclic) bond motifs is 2. The van der Waals surface area contributed by atoms with Gasteiger partial charge >= 0.3 is 0 Å². The number of nitriles is 1. The van der Waals surface area contributed by atoms with Crippen LogP contribution < -0.4 is 15.5 Å². The Morgan fingerprint density at radius 2 is 1.81 bits per heavy atom. The molecule has 2 aromatic carbocycles. The zero-order valence-corrected chi connectivity index (χ0v) is 17.4. The minimum atomic E-state index is -0.277. The first-order valence-electron chi connectivity index (χ1n) is 10.5. The van der Waals surface area contributed by atoms with Gasteiger partial charge in [0.1, 0.15) is 6.54 Å². The molecule has 3 aliphatic heterocycles. The second kappa shape index (κ2) is 8.65. The number of nitrogens with zero attached hydrogens (tertiary/aromatic N) is 4. The zero-order chi connectivity index (χ0) is 21.9. The number of aromatic nitrogens is 2. The number of piperidine rings is 1. The van der Waals surface area contributed by atoms with Gasteiger partial charge < -0.3 is 20.3 Å². The minimum Gasteiger partial charge on any atom is -0.371 e. The normalized spacial score (nSPS) is 18.9. The molecule has 160 valence electrons. The van der Waals surface area contributed by atoms with Crippen LogP contribution in [0.3, 0.4) is 0 Å². The van der Waals surface area contributed by atoms with Crippen LogP contribution in [0.5, 0.6) is 0 Å². The van der Waals surface area contributed by atoms with Crippen molar-refractivity contribution in [2.24, 2.45) is 0 Å². The lowest BCUT2D eigenvalue weighted by Gasteiger charge is -2.48. The number of hydrogen-bond acceptors (Lipinski definition) is 7. The molecule has 2 atom stereocenters. The highest BCUT2D eigenvalue weighted by molar-refractivity contribution is 5.94. The molecule has 0 spiro atoms. The van der Waals surface area contributed by atoms with Gasteiger partial charge in [-0.05, 0) is 42.5 Å². The maximum Gasteiger partial charge on any atom is 0.252 e. The molecule has 3 saturated heterocycles. The molecule has 1 aromatic heterocycles. The Balaban J connectivity index is 1.25. The van der Waals surface area contributed by atoms with Gasteiger partial charge in [0.2, 0.25) is 5.95 Å². The number of ether oxygens (including phenoxy) is 1. The van der Waals surface area contributed by atoms with Crippen LogP contribution in [0.15, 0.2) is 60.8 Å². The summed E-state index contributed by atoms with van der Waals surface area (Å²) in [6, 6.07) is 19.1. The number of amides is 1. The van der Waals surface area contributed by atoms with E-state index >= 15 is 0 Å². The number of rotatable bonds is 6. The Kier molecular flexibility index (Phi) is 5.40. The molecule has 0 radical (unpaired) electrons. The Morgan fingerprint density at radius 1 is 1.09 bits per heavy atom. The van der Waals surface area contributed by atoms with Gasteiger partial charge in [0.25, 0.3) is 5.91 Å². The highest BCUT2D eigenvalue weighted by atomic mass is 16.5. The van der Waals surface area contributed by atoms with Crippen molar-refractivity contribution in [1.82, 2.24) is 15.3 Å². The van der Waals surface area contributed by atoms with Gasteiger partial charge in [0, 0.05) is 48.2 Å². The van der Waals surface area contributed by atoms with Gasteiger partial charge in [-0.3, -0.25) is 4.79 Å². The zero-order valence-electron chi connectivity index (χ0n) is 17.4. The van der Waals surface area contributed by atoms with E-state index in [1.807, 2.05) is 36.4 Å². The summed E-state index contributed by atoms with van der Waals surface area (Å²) in [5.41, 5.74) is 4.22. The number of carbonyl (C=O) groups is 1. The summed E-state index contributed by atoms with van der Waals surface area (Å²) in [5, 5.41) is 14.4. The molecule has 0 unspecified atom stereocenters. The van der Waals surface area contributed by atoms with Crippen LogP contribution in [-0.2, 0) is 4.74 Å². The van der Waals surface area contributed by atoms with Gasteiger partial charge in [-0.15, -0.1) is 0 Å². The molecule has 0 aliphatic carbocycles. The predicted octanol–water partition coefficient (Wildman–Crippen LogP) is 3.12. The van der Waals surface area contributed by atoms with Crippen molar-refractivity contribution in [1.29, 1.82) is 5.26 Å². The molecule has 1 amide bonds. The molecule has 3 fully saturated rings. The monoisotopic (exact) mass is 426 g/mol. The van der Waals surface area contributed by atoms with E-state index in [0.717, 1.165) is 30.0 Å². The fourth-order valence-electron chi connectivity index (χ4n) is 4.05. The summed E-state index contributed by atoms with van der Waals surface area (Å²) in [5.74, 6) is 0.222. The molecule has 8 nitrogen and oxygen atoms in total. The third-order valence-electron chi connectivity index (χ3n) is 5.67. The van der Waals surface area contributed by atoms with E-state index in [1.54, 1.807) is 18.3 Å². The number of anilines is 3. The van der Waals surface area contributed by atoms with E-state index < -0.39 is 0 Å². The number of nitrogens with one attached hydrogen (secondary N) is 2. The number of hydrogen-bond donors (Lipinski definition) is 2. The first-order valence-corrected chi connectivity index (χ1v) is 10.5. The molecule has 2 N–H and O–H groups in total. The van der Waals surface area contributed by atoms with Crippen LogP contribution in [0.4, 0.5) is 17.3 Å². The van der Waals surface area contributed by atoms with E-state index in [0.29, 0.717) is 23.7 Å². The smallest absolute Gasteiger partial charge is 0.252 e. The quantitative estimate of drug-likeness (QED) is 0.584. The summed E-state index contributed by atoms with van der Waals surface area (Å²) < 4.78 is 5.71. The van der Waals surface area contributed by atoms with Crippen LogP contribution in [0, 0.1) is 11.3 Å². The summed E-state index contributed by atoms with van der Waals surface area (Å²) in [6.45, 7) is 1.89. The van der Waals surface area contributed by atoms with E-state index in [1.165, 1.54) is 12.1 Å². The highest BCUT2D eigenvalue weighted by Gasteiger charge is 2.38. The first-order chi connectivity index (χ1) is 15.7. The predicted molar refractivity (Wildman–Crippen MR) is 121 cm³/mol. The van der Waals surface area contributed by atoms with Crippen molar-refractivity contribution in [3.8, 4) is 17.3 Å². The number of benzene rings is 2. The Labute approximate surface area is 185 Å². The number of carbonyl (C=O) groups excluding carboxylic acids is 1. The van der Waals surface area contributed by atoms with E-state index in [9.17, 15) is 4.79 Å². The van der Waals surface area contributed by atoms with Gasteiger partial charge in [-0.1, -0.05) is 12.1 Å². The Morgan fingerprint density at radius 3 is 2.50 bits per heavy atom. The standard InChI is InChI=1S/C24H22N6O2/c25-10-12-26-23(31)17-3-1-16(2-4-17)22-9-11-27-24(29-22)28-18-5-7-19(8-6-18)30-14-20-13-21(15-30)32-20/h1-9,11,20-21H,12-15H2,(H,26,31)(H,27,28,29)/t20-,21+. The molecule has 3 aromatic rings. The molecule has 32 heavy (non-hydrogen) atoms. The summed E-state index contributed by atoms with van der Waals surface area (Å²) in [7, 11) is 0. The third-order valence-corrected chi connectivity index (χ3v) is 5.67. The van der Waals surface area contributed by atoms with Crippen LogP contribution in [0.1, 0.15) is 16.8 Å². The topological polar surface area (TPSA) is 103 Å². The van der Waals surface area contributed by atoms with Crippen LogP contribution in [0.2, 0.25) is 0 Å². The maximum absolute atomic E-state index is 11.9. The minimum absolute atomic E-state index is 0.0179. The van der Waals surface area contributed by atoms with E-state index in [-0.39, 0.29) is 12.5 Å². The molecule has 6 rings (SSSR count). The molecule has 0 saturated carbocycles. The Bertz CT molecular complexity index is 1140. The lowest BCUT2D eigenvalue weighted by molar-refractivity contribution is -0.133. The van der Waals surface area contributed by atoms with Crippen LogP contribution >= 0.6 is 0 Å².